The van der Waals surface area contributed by atoms with Crippen LogP contribution >= 0.6 is 11.3 Å². The Bertz CT molecular complexity index is 1280. The zero-order valence-electron chi connectivity index (χ0n) is 19.2. The summed E-state index contributed by atoms with van der Waals surface area (Å²) in [5.41, 5.74) is 5.98. The van der Waals surface area contributed by atoms with E-state index in [1.807, 2.05) is 51.1 Å². The van der Waals surface area contributed by atoms with Crippen molar-refractivity contribution in [2.24, 2.45) is 5.92 Å². The Kier molecular flexibility index (Phi) is 8.00. The van der Waals surface area contributed by atoms with E-state index in [0.717, 1.165) is 10.6 Å². The molecule has 3 rings (SSSR count). The molecule has 0 bridgehead atoms. The van der Waals surface area contributed by atoms with Crippen LogP contribution in [0.1, 0.15) is 30.1 Å². The van der Waals surface area contributed by atoms with Crippen LogP contribution in [-0.4, -0.2) is 39.6 Å². The van der Waals surface area contributed by atoms with Crippen LogP contribution in [0.2, 0.25) is 0 Å². The van der Waals surface area contributed by atoms with Crippen LogP contribution in [0.3, 0.4) is 0 Å². The van der Waals surface area contributed by atoms with Gasteiger partial charge in [0.15, 0.2) is 12.3 Å². The van der Waals surface area contributed by atoms with Crippen molar-refractivity contribution < 1.29 is 14.3 Å². The highest BCUT2D eigenvalue weighted by Gasteiger charge is 2.26. The van der Waals surface area contributed by atoms with E-state index in [-0.39, 0.29) is 36.9 Å². The zero-order chi connectivity index (χ0) is 24.8. The summed E-state index contributed by atoms with van der Waals surface area (Å²) in [6, 6.07) is 9.11. The van der Waals surface area contributed by atoms with Crippen LogP contribution < -0.4 is 21.9 Å². The van der Waals surface area contributed by atoms with Crippen LogP contribution in [0, 0.1) is 12.8 Å². The van der Waals surface area contributed by atoms with Crippen LogP contribution in [0.25, 0.3) is 0 Å². The van der Waals surface area contributed by atoms with E-state index in [9.17, 15) is 19.2 Å². The van der Waals surface area contributed by atoms with E-state index < -0.39 is 29.7 Å². The number of aryl methyl sites for hydroxylation is 1. The summed E-state index contributed by atoms with van der Waals surface area (Å²) < 4.78 is 6.34. The van der Waals surface area contributed by atoms with Crippen molar-refractivity contribution in [1.29, 1.82) is 0 Å². The van der Waals surface area contributed by atoms with Crippen LogP contribution in [0.4, 0.5) is 11.5 Å². The lowest BCUT2D eigenvalue weighted by Crippen LogP contribution is -2.44. The molecule has 0 unspecified atom stereocenters. The number of H-pyrrole nitrogens is 1. The van der Waals surface area contributed by atoms with Gasteiger partial charge in [0, 0.05) is 11.9 Å². The number of nitrogen functional groups attached to an aromatic ring is 1. The second-order valence-corrected chi connectivity index (χ2v) is 9.22. The lowest BCUT2D eigenvalue weighted by Gasteiger charge is -2.26. The Morgan fingerprint density at radius 2 is 1.94 bits per heavy atom. The SMILES string of the molecule is Cc1nc(CC(=O)OCC(=O)N(CC(C)C)c2c(N)n(Cc3ccccc3)c(=O)[nH]c2=O)cs1. The Morgan fingerprint density at radius 1 is 1.24 bits per heavy atom. The molecule has 1 amide bonds. The number of amides is 1. The monoisotopic (exact) mass is 485 g/mol. The van der Waals surface area contributed by atoms with Gasteiger partial charge in [0.1, 0.15) is 5.82 Å². The normalized spacial score (nSPS) is 10.9. The van der Waals surface area contributed by atoms with Crippen molar-refractivity contribution in [3.63, 3.8) is 0 Å². The number of aromatic amines is 1. The molecular formula is C23H27N5O5S. The van der Waals surface area contributed by atoms with Crippen molar-refractivity contribution in [2.75, 3.05) is 23.8 Å². The second-order valence-electron chi connectivity index (χ2n) is 8.16. The van der Waals surface area contributed by atoms with Gasteiger partial charge in [0.25, 0.3) is 11.5 Å². The van der Waals surface area contributed by atoms with Crippen LogP contribution in [0.5, 0.6) is 0 Å². The number of anilines is 2. The topological polar surface area (TPSA) is 140 Å². The molecule has 0 saturated carbocycles. The molecule has 34 heavy (non-hydrogen) atoms. The first-order valence-corrected chi connectivity index (χ1v) is 11.6. The minimum atomic E-state index is -0.787. The first kappa shape index (κ1) is 24.9. The molecule has 2 aromatic heterocycles. The maximum absolute atomic E-state index is 13.0. The number of hydrogen-bond donors (Lipinski definition) is 2. The molecule has 1 aromatic carbocycles. The summed E-state index contributed by atoms with van der Waals surface area (Å²) in [5, 5.41) is 2.57. The van der Waals surface area contributed by atoms with E-state index in [1.165, 1.54) is 20.8 Å². The van der Waals surface area contributed by atoms with Crippen LogP contribution in [-0.2, 0) is 27.3 Å². The molecule has 11 heteroatoms. The largest absolute Gasteiger partial charge is 0.455 e. The maximum atomic E-state index is 13.0. The summed E-state index contributed by atoms with van der Waals surface area (Å²) in [4.78, 5) is 58.0. The fourth-order valence-electron chi connectivity index (χ4n) is 3.35. The van der Waals surface area contributed by atoms with Crippen molar-refractivity contribution in [3.05, 3.63) is 72.8 Å². The number of ether oxygens (including phenoxy) is 1. The number of thiazole rings is 1. The van der Waals surface area contributed by atoms with Crippen molar-refractivity contribution in [3.8, 4) is 0 Å². The van der Waals surface area contributed by atoms with Gasteiger partial charge in [-0.05, 0) is 18.4 Å². The highest BCUT2D eigenvalue weighted by Crippen LogP contribution is 2.19. The molecule has 0 radical (unpaired) electrons. The number of esters is 1. The quantitative estimate of drug-likeness (QED) is 0.440. The number of nitrogens with two attached hydrogens (primary N) is 1. The predicted molar refractivity (Wildman–Crippen MR) is 130 cm³/mol. The molecule has 0 aliphatic rings. The molecule has 3 aromatic rings. The molecule has 0 aliphatic heterocycles. The number of hydrogen-bond acceptors (Lipinski definition) is 8. The summed E-state index contributed by atoms with van der Waals surface area (Å²) in [6.45, 7) is 5.22. The van der Waals surface area contributed by atoms with E-state index in [1.54, 1.807) is 5.38 Å². The minimum absolute atomic E-state index is 0.0362. The average molecular weight is 486 g/mol. The van der Waals surface area contributed by atoms with Gasteiger partial charge in [-0.15, -0.1) is 11.3 Å². The Labute approximate surface area is 200 Å². The maximum Gasteiger partial charge on any atom is 0.330 e. The fraction of sp³-hybridized carbons (Fsp3) is 0.348. The zero-order valence-corrected chi connectivity index (χ0v) is 20.1. The van der Waals surface area contributed by atoms with Crippen LogP contribution in [0.15, 0.2) is 45.3 Å². The predicted octanol–water partition coefficient (Wildman–Crippen LogP) is 1.71. The van der Waals surface area contributed by atoms with Gasteiger partial charge in [0.2, 0.25) is 0 Å². The third-order valence-corrected chi connectivity index (χ3v) is 5.69. The summed E-state index contributed by atoms with van der Waals surface area (Å²) in [7, 11) is 0. The third kappa shape index (κ3) is 6.19. The lowest BCUT2D eigenvalue weighted by atomic mass is 10.2. The van der Waals surface area contributed by atoms with Crippen molar-refractivity contribution in [1.82, 2.24) is 14.5 Å². The van der Waals surface area contributed by atoms with Gasteiger partial charge in [0.05, 0.1) is 23.7 Å². The lowest BCUT2D eigenvalue weighted by molar-refractivity contribution is -0.147. The Morgan fingerprint density at radius 3 is 2.56 bits per heavy atom. The molecular weight excluding hydrogens is 458 g/mol. The fourth-order valence-corrected chi connectivity index (χ4v) is 3.97. The first-order valence-electron chi connectivity index (χ1n) is 10.7. The van der Waals surface area contributed by atoms with E-state index in [4.69, 9.17) is 10.5 Å². The third-order valence-electron chi connectivity index (χ3n) is 4.86. The summed E-state index contributed by atoms with van der Waals surface area (Å²) in [6.07, 6.45) is -0.0630. The molecule has 0 aliphatic carbocycles. The molecule has 2 heterocycles. The molecule has 0 spiro atoms. The number of nitrogens with one attached hydrogen (secondary N) is 1. The first-order chi connectivity index (χ1) is 16.2. The molecule has 0 saturated heterocycles. The average Bonchev–Trinajstić information content (AvgIpc) is 3.19. The molecule has 0 atom stereocenters. The molecule has 10 nitrogen and oxygen atoms in total. The number of aromatic nitrogens is 3. The van der Waals surface area contributed by atoms with Crippen molar-refractivity contribution in [2.45, 2.75) is 33.7 Å². The van der Waals surface area contributed by atoms with Gasteiger partial charge in [-0.2, -0.15) is 0 Å². The van der Waals surface area contributed by atoms with Crippen molar-refractivity contribution >= 4 is 34.7 Å². The number of carbonyl (C=O) groups excluding carboxylic acids is 2. The smallest absolute Gasteiger partial charge is 0.330 e. The van der Waals surface area contributed by atoms with Gasteiger partial charge in [-0.25, -0.2) is 9.78 Å². The van der Waals surface area contributed by atoms with Gasteiger partial charge in [-0.3, -0.25) is 23.9 Å². The molecule has 0 fully saturated rings. The van der Waals surface area contributed by atoms with Gasteiger partial charge < -0.3 is 15.4 Å². The minimum Gasteiger partial charge on any atom is -0.455 e. The Balaban J connectivity index is 1.85. The highest BCUT2D eigenvalue weighted by atomic mass is 32.1. The molecule has 180 valence electrons. The number of rotatable bonds is 9. The summed E-state index contributed by atoms with van der Waals surface area (Å²) >= 11 is 1.41. The standard InChI is InChI=1S/C23H27N5O5S/c1-14(2)10-27(18(29)12-33-19(30)9-17-13-34-15(3)25-17)20-21(24)28(23(32)26-22(20)31)11-16-7-5-4-6-8-16/h4-8,13-14H,9-12,24H2,1-3H3,(H,26,31,32). The number of benzene rings is 1. The number of nitrogens with zero attached hydrogens (tertiary/aromatic N) is 3. The van der Waals surface area contributed by atoms with E-state index in [0.29, 0.717) is 5.69 Å². The van der Waals surface area contributed by atoms with E-state index in [2.05, 4.69) is 9.97 Å². The number of carbonyl (C=O) groups is 2. The molecule has 3 N–H and O–H groups in total. The highest BCUT2D eigenvalue weighted by molar-refractivity contribution is 7.09. The van der Waals surface area contributed by atoms with Gasteiger partial charge in [-0.1, -0.05) is 44.2 Å². The Hall–Kier alpha value is -3.73. The van der Waals surface area contributed by atoms with Gasteiger partial charge >= 0.3 is 11.7 Å². The second kappa shape index (κ2) is 10.9. The van der Waals surface area contributed by atoms with E-state index >= 15 is 0 Å². The summed E-state index contributed by atoms with van der Waals surface area (Å²) in [5.74, 6) is -1.42.